The molecule has 1 amide bonds. The highest BCUT2D eigenvalue weighted by molar-refractivity contribution is 7.88. The second-order valence-corrected chi connectivity index (χ2v) is 7.36. The molecule has 1 atom stereocenters. The van der Waals surface area contributed by atoms with Crippen molar-refractivity contribution in [2.24, 2.45) is 0 Å². The first kappa shape index (κ1) is 22.1. The van der Waals surface area contributed by atoms with E-state index in [1.54, 1.807) is 30.3 Å². The Balaban J connectivity index is 2.16. The van der Waals surface area contributed by atoms with Gasteiger partial charge in [-0.3, -0.25) is 9.59 Å². The van der Waals surface area contributed by atoms with Crippen LogP contribution in [0.3, 0.4) is 0 Å². The average Bonchev–Trinajstić information content (AvgIpc) is 3.20. The summed E-state index contributed by atoms with van der Waals surface area (Å²) in [6, 6.07) is 10.3. The van der Waals surface area contributed by atoms with Gasteiger partial charge in [-0.25, -0.2) is 9.52 Å². The van der Waals surface area contributed by atoms with Gasteiger partial charge in [0.05, 0.1) is 20.6 Å². The summed E-state index contributed by atoms with van der Waals surface area (Å²) < 4.78 is 38.9. The lowest BCUT2D eigenvalue weighted by Crippen LogP contribution is -2.41. The van der Waals surface area contributed by atoms with Crippen molar-refractivity contribution in [2.45, 2.75) is 19.0 Å². The van der Waals surface area contributed by atoms with Crippen LogP contribution in [-0.4, -0.2) is 45.1 Å². The summed E-state index contributed by atoms with van der Waals surface area (Å²) in [5, 5.41) is 0. The predicted octanol–water partition coefficient (Wildman–Crippen LogP) is 0.530. The van der Waals surface area contributed by atoms with Crippen molar-refractivity contribution in [3.05, 3.63) is 59.9 Å². The van der Waals surface area contributed by atoms with Gasteiger partial charge in [-0.2, -0.15) is 13.1 Å². The van der Waals surface area contributed by atoms with Gasteiger partial charge in [0.1, 0.15) is 11.7 Å². The zero-order valence-corrected chi connectivity index (χ0v) is 16.6. The molecule has 1 aromatic heterocycles. The van der Waals surface area contributed by atoms with Crippen molar-refractivity contribution in [1.82, 2.24) is 14.0 Å². The SMILES string of the molecule is COC(=O)C[C@@H](C(=O)OC)n1cccc1C(=O)NS(=O)(=O)NCc1ccccc1. The number of ether oxygens (including phenoxy) is 2. The standard InChI is InChI=1S/C18H21N3O7S/c1-27-16(22)11-15(18(24)28-2)21-10-6-9-14(21)17(23)20-29(25,26)19-12-13-7-4-3-5-8-13/h3-10,15,19H,11-12H2,1-2H3,(H,20,23)/t15-/m0/s1. The molecule has 0 unspecified atom stereocenters. The lowest BCUT2D eigenvalue weighted by Gasteiger charge is -2.18. The Kier molecular flexibility index (Phi) is 7.51. The third-order valence-corrected chi connectivity index (χ3v) is 4.92. The maximum absolute atomic E-state index is 12.5. The van der Waals surface area contributed by atoms with Crippen LogP contribution in [0, 0.1) is 0 Å². The summed E-state index contributed by atoms with van der Waals surface area (Å²) >= 11 is 0. The Morgan fingerprint density at radius 3 is 2.34 bits per heavy atom. The van der Waals surface area contributed by atoms with E-state index in [-0.39, 0.29) is 12.2 Å². The molecule has 2 rings (SSSR count). The average molecular weight is 423 g/mol. The van der Waals surface area contributed by atoms with E-state index >= 15 is 0 Å². The van der Waals surface area contributed by atoms with Gasteiger partial charge in [0, 0.05) is 12.7 Å². The molecule has 0 aliphatic rings. The highest BCUT2D eigenvalue weighted by Gasteiger charge is 2.29. The minimum Gasteiger partial charge on any atom is -0.469 e. The number of hydrogen-bond acceptors (Lipinski definition) is 7. The molecule has 0 aliphatic carbocycles. The molecule has 156 valence electrons. The van der Waals surface area contributed by atoms with Crippen LogP contribution in [0.4, 0.5) is 0 Å². The molecule has 0 aliphatic heterocycles. The van der Waals surface area contributed by atoms with E-state index in [1.165, 1.54) is 18.3 Å². The Hall–Kier alpha value is -3.18. The van der Waals surface area contributed by atoms with Crippen LogP contribution in [-0.2, 0) is 35.8 Å². The van der Waals surface area contributed by atoms with E-state index in [2.05, 4.69) is 14.2 Å². The normalized spacial score (nSPS) is 12.1. The van der Waals surface area contributed by atoms with Gasteiger partial charge in [0.15, 0.2) is 0 Å². The van der Waals surface area contributed by atoms with E-state index in [0.29, 0.717) is 5.56 Å². The highest BCUT2D eigenvalue weighted by atomic mass is 32.2. The Labute approximate surface area is 168 Å². The number of rotatable bonds is 9. The molecule has 11 heteroatoms. The van der Waals surface area contributed by atoms with Gasteiger partial charge in [-0.1, -0.05) is 30.3 Å². The third-order valence-electron chi connectivity index (χ3n) is 3.94. The summed E-state index contributed by atoms with van der Waals surface area (Å²) in [6.45, 7) is -0.0163. The maximum Gasteiger partial charge on any atom is 0.329 e. The first-order chi connectivity index (χ1) is 13.8. The van der Waals surface area contributed by atoms with E-state index in [9.17, 15) is 22.8 Å². The molecule has 2 N–H and O–H groups in total. The van der Waals surface area contributed by atoms with E-state index in [4.69, 9.17) is 0 Å². The number of carbonyl (C=O) groups excluding carboxylic acids is 3. The largest absolute Gasteiger partial charge is 0.469 e. The van der Waals surface area contributed by atoms with Crippen molar-refractivity contribution in [3.63, 3.8) is 0 Å². The molecule has 0 saturated heterocycles. The summed E-state index contributed by atoms with van der Waals surface area (Å²) in [7, 11) is -1.88. The van der Waals surface area contributed by atoms with Gasteiger partial charge in [0.2, 0.25) is 0 Å². The minimum absolute atomic E-state index is 0.0163. The summed E-state index contributed by atoms with van der Waals surface area (Å²) in [4.78, 5) is 36.2. The van der Waals surface area contributed by atoms with Crippen molar-refractivity contribution < 1.29 is 32.3 Å². The molecular weight excluding hydrogens is 402 g/mol. The van der Waals surface area contributed by atoms with E-state index in [0.717, 1.165) is 18.8 Å². The summed E-state index contributed by atoms with van der Waals surface area (Å²) in [6.07, 6.45) is 0.973. The second kappa shape index (κ2) is 9.85. The molecule has 0 fully saturated rings. The van der Waals surface area contributed by atoms with Gasteiger partial charge in [-0.05, 0) is 17.7 Å². The number of hydrogen-bond donors (Lipinski definition) is 2. The maximum atomic E-state index is 12.5. The van der Waals surface area contributed by atoms with Gasteiger partial charge >= 0.3 is 22.1 Å². The minimum atomic E-state index is -4.17. The second-order valence-electron chi connectivity index (χ2n) is 5.86. The zero-order valence-electron chi connectivity index (χ0n) is 15.8. The van der Waals surface area contributed by atoms with Gasteiger partial charge < -0.3 is 14.0 Å². The van der Waals surface area contributed by atoms with Crippen LogP contribution in [0.5, 0.6) is 0 Å². The monoisotopic (exact) mass is 423 g/mol. The number of esters is 2. The number of carbonyl (C=O) groups is 3. The Morgan fingerprint density at radius 2 is 1.72 bits per heavy atom. The molecule has 0 saturated carbocycles. The van der Waals surface area contributed by atoms with Crippen LogP contribution in [0.15, 0.2) is 48.7 Å². The molecular formula is C18H21N3O7S. The van der Waals surface area contributed by atoms with Crippen molar-refractivity contribution in [1.29, 1.82) is 0 Å². The predicted molar refractivity (Wildman–Crippen MR) is 102 cm³/mol. The van der Waals surface area contributed by atoms with Crippen LogP contribution in [0.1, 0.15) is 28.5 Å². The summed E-state index contributed by atoms with van der Waals surface area (Å²) in [5.41, 5.74) is 0.562. The molecule has 0 bridgehead atoms. The zero-order chi connectivity index (χ0) is 21.4. The molecule has 2 aromatic rings. The number of nitrogens with zero attached hydrogens (tertiary/aromatic N) is 1. The molecule has 0 radical (unpaired) electrons. The van der Waals surface area contributed by atoms with Crippen LogP contribution in [0.25, 0.3) is 0 Å². The molecule has 1 heterocycles. The number of amides is 1. The molecule has 10 nitrogen and oxygen atoms in total. The van der Waals surface area contributed by atoms with Gasteiger partial charge in [0.25, 0.3) is 5.91 Å². The molecule has 29 heavy (non-hydrogen) atoms. The topological polar surface area (TPSA) is 133 Å². The summed E-state index contributed by atoms with van der Waals surface area (Å²) in [5.74, 6) is -2.46. The van der Waals surface area contributed by atoms with Gasteiger partial charge in [-0.15, -0.1) is 0 Å². The van der Waals surface area contributed by atoms with Crippen LogP contribution in [0.2, 0.25) is 0 Å². The number of methoxy groups -OCH3 is 2. The fourth-order valence-corrected chi connectivity index (χ4v) is 3.29. The quantitative estimate of drug-likeness (QED) is 0.562. The van der Waals surface area contributed by atoms with E-state index in [1.807, 2.05) is 4.72 Å². The van der Waals surface area contributed by atoms with E-state index < -0.39 is 40.5 Å². The fourth-order valence-electron chi connectivity index (χ4n) is 2.52. The Morgan fingerprint density at radius 1 is 1.03 bits per heavy atom. The van der Waals surface area contributed by atoms with Crippen molar-refractivity contribution in [2.75, 3.05) is 14.2 Å². The lowest BCUT2D eigenvalue weighted by atomic mass is 10.2. The Bertz CT molecular complexity index is 970. The number of aromatic nitrogens is 1. The highest BCUT2D eigenvalue weighted by Crippen LogP contribution is 2.18. The number of nitrogens with one attached hydrogen (secondary N) is 2. The third kappa shape index (κ3) is 6.16. The lowest BCUT2D eigenvalue weighted by molar-refractivity contribution is -0.151. The first-order valence-corrected chi connectivity index (χ1v) is 9.93. The fraction of sp³-hybridized carbons (Fsp3) is 0.278. The van der Waals surface area contributed by atoms with Crippen LogP contribution >= 0.6 is 0 Å². The van der Waals surface area contributed by atoms with Crippen LogP contribution < -0.4 is 9.44 Å². The molecule has 0 spiro atoms. The van der Waals surface area contributed by atoms with Crippen molar-refractivity contribution in [3.8, 4) is 0 Å². The first-order valence-electron chi connectivity index (χ1n) is 8.44. The van der Waals surface area contributed by atoms with Crippen molar-refractivity contribution >= 4 is 28.1 Å². The molecule has 1 aromatic carbocycles. The smallest absolute Gasteiger partial charge is 0.329 e. The number of benzene rings is 1.